The first-order valence-corrected chi connectivity index (χ1v) is 7.84. The lowest BCUT2D eigenvalue weighted by Gasteiger charge is -2.23. The first kappa shape index (κ1) is 14.7. The molecule has 3 aromatic rings. The van der Waals surface area contributed by atoms with E-state index in [4.69, 9.17) is 4.74 Å². The molecule has 0 saturated carbocycles. The minimum absolute atomic E-state index is 0.131. The summed E-state index contributed by atoms with van der Waals surface area (Å²) in [6, 6.07) is 24.3. The molecule has 1 aliphatic rings. The minimum Gasteiger partial charge on any atom is -0.458 e. The van der Waals surface area contributed by atoms with Gasteiger partial charge in [0, 0.05) is 11.1 Å². The van der Waals surface area contributed by atoms with Gasteiger partial charge in [0.25, 0.3) is 0 Å². The Labute approximate surface area is 140 Å². The van der Waals surface area contributed by atoms with Gasteiger partial charge in [-0.1, -0.05) is 78.9 Å². The topological polar surface area (TPSA) is 46.5 Å². The summed E-state index contributed by atoms with van der Waals surface area (Å²) in [6.07, 6.45) is 0. The van der Waals surface area contributed by atoms with Gasteiger partial charge in [-0.3, -0.25) is 0 Å². The summed E-state index contributed by atoms with van der Waals surface area (Å²) in [7, 11) is 0. The number of esters is 1. The fourth-order valence-electron chi connectivity index (χ4n) is 3.26. The Bertz CT molecular complexity index is 854. The zero-order valence-electron chi connectivity index (χ0n) is 13.0. The third-order valence-corrected chi connectivity index (χ3v) is 4.43. The second-order valence-electron chi connectivity index (χ2n) is 5.86. The summed E-state index contributed by atoms with van der Waals surface area (Å²) in [5, 5.41) is 11.3. The van der Waals surface area contributed by atoms with Crippen molar-refractivity contribution in [3.8, 4) is 11.1 Å². The zero-order chi connectivity index (χ0) is 16.6. The molecular formula is C21H16O3. The molecule has 0 aromatic heterocycles. The van der Waals surface area contributed by atoms with Crippen molar-refractivity contribution in [3.63, 3.8) is 0 Å². The van der Waals surface area contributed by atoms with Gasteiger partial charge in [-0.05, 0) is 16.7 Å². The number of hydrogen-bond donors (Lipinski definition) is 1. The van der Waals surface area contributed by atoms with Crippen molar-refractivity contribution in [2.45, 2.75) is 12.2 Å². The highest BCUT2D eigenvalue weighted by Crippen LogP contribution is 2.47. The van der Waals surface area contributed by atoms with Crippen LogP contribution >= 0.6 is 0 Å². The van der Waals surface area contributed by atoms with Gasteiger partial charge < -0.3 is 9.84 Å². The van der Waals surface area contributed by atoms with Gasteiger partial charge in [-0.25, -0.2) is 4.79 Å². The Morgan fingerprint density at radius 1 is 0.792 bits per heavy atom. The summed E-state index contributed by atoms with van der Waals surface area (Å²) in [5.41, 5.74) is 2.00. The maximum absolute atomic E-state index is 12.8. The minimum atomic E-state index is -1.76. The Hall–Kier alpha value is -2.91. The molecule has 1 aliphatic carbocycles. The lowest BCUT2D eigenvalue weighted by molar-refractivity contribution is -0.163. The van der Waals surface area contributed by atoms with Crippen molar-refractivity contribution in [3.05, 3.63) is 95.6 Å². The van der Waals surface area contributed by atoms with E-state index in [-0.39, 0.29) is 6.61 Å². The van der Waals surface area contributed by atoms with Gasteiger partial charge in [0.2, 0.25) is 5.60 Å². The van der Waals surface area contributed by atoms with Crippen molar-refractivity contribution in [2.75, 3.05) is 0 Å². The summed E-state index contributed by atoms with van der Waals surface area (Å²) in [5.74, 6) is -0.649. The number of fused-ring (bicyclic) bond motifs is 3. The van der Waals surface area contributed by atoms with Gasteiger partial charge >= 0.3 is 5.97 Å². The maximum atomic E-state index is 12.8. The molecule has 1 N–H and O–H groups in total. The third kappa shape index (κ3) is 2.14. The van der Waals surface area contributed by atoms with Gasteiger partial charge in [0.05, 0.1) is 0 Å². The van der Waals surface area contributed by atoms with Gasteiger partial charge in [0.15, 0.2) is 0 Å². The van der Waals surface area contributed by atoms with E-state index in [2.05, 4.69) is 0 Å². The van der Waals surface area contributed by atoms with Gasteiger partial charge in [0.1, 0.15) is 6.61 Å². The molecule has 0 amide bonds. The molecule has 3 aromatic carbocycles. The second kappa shape index (κ2) is 5.62. The standard InChI is InChI=1S/C21H16O3/c22-20(24-14-15-8-2-1-3-9-15)21(23)18-12-6-4-10-16(18)17-11-5-7-13-19(17)21/h1-13,23H,14H2. The normalized spacial score (nSPS) is 13.9. The Balaban J connectivity index is 1.72. The number of carbonyl (C=O) groups is 1. The van der Waals surface area contributed by atoms with E-state index in [0.717, 1.165) is 16.7 Å². The molecule has 0 bridgehead atoms. The highest BCUT2D eigenvalue weighted by Gasteiger charge is 2.49. The zero-order valence-corrected chi connectivity index (χ0v) is 13.0. The van der Waals surface area contributed by atoms with Crippen LogP contribution in [0, 0.1) is 0 Å². The number of hydrogen-bond acceptors (Lipinski definition) is 3. The predicted octanol–water partition coefficient (Wildman–Crippen LogP) is 3.65. The van der Waals surface area contributed by atoms with E-state index in [1.807, 2.05) is 66.7 Å². The molecule has 4 rings (SSSR count). The Morgan fingerprint density at radius 2 is 1.29 bits per heavy atom. The molecule has 0 saturated heterocycles. The molecular weight excluding hydrogens is 300 g/mol. The van der Waals surface area contributed by atoms with Crippen LogP contribution in [0.5, 0.6) is 0 Å². The Morgan fingerprint density at radius 3 is 1.88 bits per heavy atom. The van der Waals surface area contributed by atoms with Crippen LogP contribution in [0.4, 0.5) is 0 Å². The van der Waals surface area contributed by atoms with E-state index < -0.39 is 11.6 Å². The first-order chi connectivity index (χ1) is 11.7. The van der Waals surface area contributed by atoms with Crippen molar-refractivity contribution in [1.82, 2.24) is 0 Å². The van der Waals surface area contributed by atoms with Gasteiger partial charge in [-0.15, -0.1) is 0 Å². The third-order valence-electron chi connectivity index (χ3n) is 4.43. The predicted molar refractivity (Wildman–Crippen MR) is 91.1 cm³/mol. The maximum Gasteiger partial charge on any atom is 0.348 e. The molecule has 0 fully saturated rings. The van der Waals surface area contributed by atoms with E-state index in [9.17, 15) is 9.90 Å². The number of rotatable bonds is 3. The number of aliphatic hydroxyl groups is 1. The largest absolute Gasteiger partial charge is 0.458 e. The van der Waals surface area contributed by atoms with E-state index >= 15 is 0 Å². The molecule has 0 atom stereocenters. The van der Waals surface area contributed by atoms with Crippen molar-refractivity contribution in [2.24, 2.45) is 0 Å². The quantitative estimate of drug-likeness (QED) is 0.750. The average Bonchev–Trinajstić information content (AvgIpc) is 2.92. The molecule has 0 aliphatic heterocycles. The molecule has 118 valence electrons. The number of benzene rings is 3. The summed E-state index contributed by atoms with van der Waals surface area (Å²) >= 11 is 0. The highest BCUT2D eigenvalue weighted by molar-refractivity contribution is 5.96. The molecule has 3 nitrogen and oxygen atoms in total. The molecule has 0 spiro atoms. The van der Waals surface area contributed by atoms with Gasteiger partial charge in [-0.2, -0.15) is 0 Å². The SMILES string of the molecule is O=C(OCc1ccccc1)C1(O)c2ccccc2-c2ccccc21. The average molecular weight is 316 g/mol. The van der Waals surface area contributed by atoms with Crippen LogP contribution in [-0.2, 0) is 21.7 Å². The number of carbonyl (C=O) groups excluding carboxylic acids is 1. The molecule has 0 unspecified atom stereocenters. The highest BCUT2D eigenvalue weighted by atomic mass is 16.5. The van der Waals surface area contributed by atoms with Crippen LogP contribution < -0.4 is 0 Å². The van der Waals surface area contributed by atoms with Crippen LogP contribution in [0.3, 0.4) is 0 Å². The van der Waals surface area contributed by atoms with Crippen molar-refractivity contribution in [1.29, 1.82) is 0 Å². The fourth-order valence-corrected chi connectivity index (χ4v) is 3.26. The van der Waals surface area contributed by atoms with Crippen molar-refractivity contribution < 1.29 is 14.6 Å². The van der Waals surface area contributed by atoms with E-state index in [1.165, 1.54) is 0 Å². The monoisotopic (exact) mass is 316 g/mol. The van der Waals surface area contributed by atoms with E-state index in [1.54, 1.807) is 12.1 Å². The summed E-state index contributed by atoms with van der Waals surface area (Å²) < 4.78 is 5.44. The lowest BCUT2D eigenvalue weighted by Crippen LogP contribution is -2.36. The molecule has 3 heteroatoms. The molecule has 0 heterocycles. The summed E-state index contributed by atoms with van der Waals surface area (Å²) in [4.78, 5) is 12.8. The van der Waals surface area contributed by atoms with E-state index in [0.29, 0.717) is 11.1 Å². The lowest BCUT2D eigenvalue weighted by atomic mass is 9.91. The fraction of sp³-hybridized carbons (Fsp3) is 0.0952. The van der Waals surface area contributed by atoms with Crippen molar-refractivity contribution >= 4 is 5.97 Å². The van der Waals surface area contributed by atoms with Crippen LogP contribution in [0.25, 0.3) is 11.1 Å². The van der Waals surface area contributed by atoms with Crippen LogP contribution in [0.1, 0.15) is 16.7 Å². The van der Waals surface area contributed by atoms with Crippen LogP contribution in [0.2, 0.25) is 0 Å². The van der Waals surface area contributed by atoms with Crippen LogP contribution in [-0.4, -0.2) is 11.1 Å². The van der Waals surface area contributed by atoms with Crippen LogP contribution in [0.15, 0.2) is 78.9 Å². The summed E-state index contributed by atoms with van der Waals surface area (Å²) in [6.45, 7) is 0.131. The first-order valence-electron chi connectivity index (χ1n) is 7.84. The molecule has 24 heavy (non-hydrogen) atoms. The Kier molecular flexibility index (Phi) is 3.44. The number of ether oxygens (including phenoxy) is 1. The smallest absolute Gasteiger partial charge is 0.348 e. The molecule has 0 radical (unpaired) electrons. The second-order valence-corrected chi connectivity index (χ2v) is 5.86.